The third-order valence-corrected chi connectivity index (χ3v) is 8.00. The third kappa shape index (κ3) is 6.43. The smallest absolute Gasteiger partial charge is 0.342 e. The number of carboxylic acids is 1. The predicted molar refractivity (Wildman–Crippen MR) is 158 cm³/mol. The van der Waals surface area contributed by atoms with Gasteiger partial charge in [-0.05, 0) is 62.9 Å². The number of ether oxygens (including phenoxy) is 2. The molecule has 1 atom stereocenters. The number of piperidine rings is 1. The van der Waals surface area contributed by atoms with Crippen LogP contribution < -0.4 is 5.32 Å². The van der Waals surface area contributed by atoms with Gasteiger partial charge in [-0.25, -0.2) is 14.3 Å². The lowest BCUT2D eigenvalue weighted by atomic mass is 10.00. The van der Waals surface area contributed by atoms with Gasteiger partial charge < -0.3 is 24.8 Å². The quantitative estimate of drug-likeness (QED) is 0.233. The lowest BCUT2D eigenvalue weighted by molar-refractivity contribution is -0.161. The predicted octanol–water partition coefficient (Wildman–Crippen LogP) is 5.06. The van der Waals surface area contributed by atoms with Crippen molar-refractivity contribution in [3.05, 3.63) is 95.3 Å². The molecule has 0 spiro atoms. The topological polar surface area (TPSA) is 101 Å². The second kappa shape index (κ2) is 12.8. The number of methoxy groups -OCH3 is 1. The molecule has 2 N–H and O–H groups in total. The van der Waals surface area contributed by atoms with E-state index in [1.165, 1.54) is 25.2 Å². The van der Waals surface area contributed by atoms with Crippen LogP contribution in [-0.2, 0) is 19.9 Å². The van der Waals surface area contributed by atoms with E-state index in [1.807, 2.05) is 31.2 Å². The zero-order chi connectivity index (χ0) is 28.8. The minimum Gasteiger partial charge on any atom is -0.479 e. The van der Waals surface area contributed by atoms with Crippen molar-refractivity contribution < 1.29 is 19.4 Å². The molecule has 0 amide bonds. The number of carboxylic acid groups (broad SMARTS) is 1. The Labute approximate surface area is 241 Å². The fourth-order valence-corrected chi connectivity index (χ4v) is 5.46. The first kappa shape index (κ1) is 28.7. The molecule has 1 saturated heterocycles. The van der Waals surface area contributed by atoms with E-state index in [1.54, 1.807) is 4.52 Å². The van der Waals surface area contributed by atoms with Crippen molar-refractivity contribution in [3.63, 3.8) is 0 Å². The van der Waals surface area contributed by atoms with E-state index >= 15 is 0 Å². The number of anilines is 1. The molecule has 41 heavy (non-hydrogen) atoms. The van der Waals surface area contributed by atoms with E-state index in [4.69, 9.17) is 9.47 Å². The molecule has 1 aliphatic rings. The van der Waals surface area contributed by atoms with Gasteiger partial charge in [0, 0.05) is 26.7 Å². The molecule has 1 fully saturated rings. The van der Waals surface area contributed by atoms with Crippen molar-refractivity contribution in [1.29, 1.82) is 0 Å². The summed E-state index contributed by atoms with van der Waals surface area (Å²) < 4.78 is 13.7. The molecule has 216 valence electrons. The molecule has 5 rings (SSSR count). The van der Waals surface area contributed by atoms with Crippen molar-refractivity contribution in [2.45, 2.75) is 50.9 Å². The van der Waals surface area contributed by atoms with Crippen molar-refractivity contribution in [3.8, 4) is 0 Å². The number of aromatic nitrogens is 3. The fourth-order valence-electron chi connectivity index (χ4n) is 5.46. The number of carbonyl (C=O) groups is 1. The Morgan fingerprint density at radius 3 is 2.27 bits per heavy atom. The summed E-state index contributed by atoms with van der Waals surface area (Å²) in [7, 11) is 1.37. The Bertz CT molecular complexity index is 1400. The van der Waals surface area contributed by atoms with Crippen molar-refractivity contribution in [2.24, 2.45) is 0 Å². The lowest BCUT2D eigenvalue weighted by Crippen LogP contribution is -2.38. The van der Waals surface area contributed by atoms with Crippen LogP contribution in [0, 0.1) is 6.92 Å². The van der Waals surface area contributed by atoms with Crippen LogP contribution in [0.2, 0.25) is 0 Å². The highest BCUT2D eigenvalue weighted by Gasteiger charge is 2.40. The largest absolute Gasteiger partial charge is 0.479 e. The summed E-state index contributed by atoms with van der Waals surface area (Å²) in [5.41, 5.74) is 2.42. The van der Waals surface area contributed by atoms with E-state index in [-0.39, 0.29) is 12.2 Å². The SMILES string of the molecule is COC(C)(C(=O)O)c1nc2ccc(NCCCN3CCC(OC(c4ccccc4)c4ccccc4)CC3)nn2c1C. The van der Waals surface area contributed by atoms with Crippen molar-refractivity contribution in [2.75, 3.05) is 38.6 Å². The first-order valence-corrected chi connectivity index (χ1v) is 14.3. The molecule has 4 aromatic rings. The molecule has 9 heteroatoms. The van der Waals surface area contributed by atoms with Gasteiger partial charge in [0.2, 0.25) is 5.60 Å². The second-order valence-corrected chi connectivity index (χ2v) is 10.7. The molecule has 2 aromatic carbocycles. The van der Waals surface area contributed by atoms with Crippen LogP contribution in [0.3, 0.4) is 0 Å². The normalized spacial score (nSPS) is 16.2. The Kier molecular flexibility index (Phi) is 8.97. The first-order chi connectivity index (χ1) is 19.9. The van der Waals surface area contributed by atoms with E-state index < -0.39 is 11.6 Å². The van der Waals surface area contributed by atoms with Gasteiger partial charge in [0.15, 0.2) is 5.65 Å². The molecule has 0 aliphatic carbocycles. The maximum absolute atomic E-state index is 11.8. The van der Waals surface area contributed by atoms with E-state index in [0.29, 0.717) is 17.0 Å². The van der Waals surface area contributed by atoms with Crippen LogP contribution in [0.15, 0.2) is 72.8 Å². The Balaban J connectivity index is 1.11. The van der Waals surface area contributed by atoms with E-state index in [9.17, 15) is 9.90 Å². The number of hydrogen-bond acceptors (Lipinski definition) is 7. The van der Waals surface area contributed by atoms with E-state index in [2.05, 4.69) is 68.8 Å². The van der Waals surface area contributed by atoms with Crippen LogP contribution >= 0.6 is 0 Å². The Hall–Kier alpha value is -3.79. The number of benzene rings is 2. The number of hydrogen-bond donors (Lipinski definition) is 2. The summed E-state index contributed by atoms with van der Waals surface area (Å²) in [6.07, 6.45) is 3.19. The van der Waals surface area contributed by atoms with Gasteiger partial charge >= 0.3 is 5.97 Å². The average molecular weight is 558 g/mol. The maximum Gasteiger partial charge on any atom is 0.342 e. The molecule has 0 saturated carbocycles. The van der Waals surface area contributed by atoms with Gasteiger partial charge in [0.05, 0.1) is 11.8 Å². The Morgan fingerprint density at radius 1 is 1.05 bits per heavy atom. The molecule has 1 unspecified atom stereocenters. The van der Waals surface area contributed by atoms with Crippen LogP contribution in [0.1, 0.15) is 54.8 Å². The highest BCUT2D eigenvalue weighted by atomic mass is 16.5. The molecule has 9 nitrogen and oxygen atoms in total. The molecule has 1 aliphatic heterocycles. The van der Waals surface area contributed by atoms with Gasteiger partial charge in [0.1, 0.15) is 17.6 Å². The number of aryl methyl sites for hydroxylation is 1. The number of fused-ring (bicyclic) bond motifs is 1. The summed E-state index contributed by atoms with van der Waals surface area (Å²) in [6, 6.07) is 24.7. The molecule has 0 radical (unpaired) electrons. The van der Waals surface area contributed by atoms with Crippen LogP contribution in [0.4, 0.5) is 5.82 Å². The molecule has 3 heterocycles. The standard InChI is InChI=1S/C32H39N5O4/c1-23-30(32(2,40-3)31(38)39)34-28-16-15-27(35-37(23)28)33-19-10-20-36-21-17-26(18-22-36)41-29(24-11-6-4-7-12-24)25-13-8-5-9-14-25/h4-9,11-16,26,29H,10,17-22H2,1-3H3,(H,33,35)(H,38,39). The maximum atomic E-state index is 11.8. The molecular weight excluding hydrogens is 518 g/mol. The highest BCUT2D eigenvalue weighted by molar-refractivity contribution is 5.79. The van der Waals surface area contributed by atoms with Crippen molar-refractivity contribution in [1.82, 2.24) is 19.5 Å². The average Bonchev–Trinajstić information content (AvgIpc) is 3.35. The summed E-state index contributed by atoms with van der Waals surface area (Å²) in [5, 5.41) is 17.7. The highest BCUT2D eigenvalue weighted by Crippen LogP contribution is 2.30. The van der Waals surface area contributed by atoms with Crippen LogP contribution in [0.25, 0.3) is 5.65 Å². The fraction of sp³-hybridized carbons (Fsp3) is 0.406. The summed E-state index contributed by atoms with van der Waals surface area (Å²) in [6.45, 7) is 7.13. The Morgan fingerprint density at radius 2 is 1.68 bits per heavy atom. The summed E-state index contributed by atoms with van der Waals surface area (Å²) >= 11 is 0. The van der Waals surface area contributed by atoms with Gasteiger partial charge in [-0.2, -0.15) is 0 Å². The molecule has 0 bridgehead atoms. The number of likely N-dealkylation sites (tertiary alicyclic amines) is 1. The van der Waals surface area contributed by atoms with Crippen LogP contribution in [0.5, 0.6) is 0 Å². The summed E-state index contributed by atoms with van der Waals surface area (Å²) in [4.78, 5) is 18.8. The van der Waals surface area contributed by atoms with E-state index in [0.717, 1.165) is 51.3 Å². The van der Waals surface area contributed by atoms with Gasteiger partial charge in [-0.15, -0.1) is 5.10 Å². The minimum atomic E-state index is -1.53. The summed E-state index contributed by atoms with van der Waals surface area (Å²) in [5.74, 6) is -0.369. The zero-order valence-corrected chi connectivity index (χ0v) is 24.0. The van der Waals surface area contributed by atoms with Gasteiger partial charge in [0.25, 0.3) is 0 Å². The first-order valence-electron chi connectivity index (χ1n) is 14.3. The third-order valence-electron chi connectivity index (χ3n) is 8.00. The van der Waals surface area contributed by atoms with Crippen LogP contribution in [-0.4, -0.2) is 70.0 Å². The monoisotopic (exact) mass is 557 g/mol. The zero-order valence-electron chi connectivity index (χ0n) is 24.0. The van der Waals surface area contributed by atoms with Gasteiger partial charge in [-0.3, -0.25) is 0 Å². The number of nitrogens with zero attached hydrogens (tertiary/aromatic N) is 4. The minimum absolute atomic E-state index is 0.0504. The lowest BCUT2D eigenvalue weighted by Gasteiger charge is -2.34. The number of imidazole rings is 1. The molecular formula is C32H39N5O4. The number of nitrogens with one attached hydrogen (secondary N) is 1. The second-order valence-electron chi connectivity index (χ2n) is 10.7. The molecule has 2 aromatic heterocycles. The number of aliphatic carboxylic acids is 1. The van der Waals surface area contributed by atoms with Gasteiger partial charge in [-0.1, -0.05) is 60.7 Å². The number of rotatable bonds is 12. The van der Waals surface area contributed by atoms with Crippen molar-refractivity contribution >= 4 is 17.4 Å².